The standard InChI is InChI=1S/C15H23NO/c1-12-5-7-14(8-6-12)16-15(11-17)9-3-4-13(2)10-15/h5-8,13,16-17H,3-4,9-11H2,1-2H3. The molecule has 94 valence electrons. The second-order valence-corrected chi connectivity index (χ2v) is 5.63. The van der Waals surface area contributed by atoms with E-state index >= 15 is 0 Å². The first kappa shape index (κ1) is 12.4. The topological polar surface area (TPSA) is 32.3 Å². The van der Waals surface area contributed by atoms with Crippen molar-refractivity contribution in [3.8, 4) is 0 Å². The minimum absolute atomic E-state index is 0.104. The lowest BCUT2D eigenvalue weighted by Gasteiger charge is -2.40. The van der Waals surface area contributed by atoms with Crippen LogP contribution < -0.4 is 5.32 Å². The first-order chi connectivity index (χ1) is 8.13. The highest BCUT2D eigenvalue weighted by atomic mass is 16.3. The van der Waals surface area contributed by atoms with Gasteiger partial charge in [0, 0.05) is 5.69 Å². The van der Waals surface area contributed by atoms with Gasteiger partial charge in [0.2, 0.25) is 0 Å². The fourth-order valence-electron chi connectivity index (χ4n) is 2.90. The van der Waals surface area contributed by atoms with E-state index in [0.29, 0.717) is 5.92 Å². The monoisotopic (exact) mass is 233 g/mol. The fourth-order valence-corrected chi connectivity index (χ4v) is 2.90. The number of hydrogen-bond donors (Lipinski definition) is 2. The van der Waals surface area contributed by atoms with E-state index in [4.69, 9.17) is 0 Å². The highest BCUT2D eigenvalue weighted by Gasteiger charge is 2.34. The third-order valence-electron chi connectivity index (χ3n) is 3.86. The van der Waals surface area contributed by atoms with Crippen LogP contribution in [0.2, 0.25) is 0 Å². The molecule has 0 bridgehead atoms. The quantitative estimate of drug-likeness (QED) is 0.839. The van der Waals surface area contributed by atoms with Gasteiger partial charge in [-0.25, -0.2) is 0 Å². The molecule has 1 saturated carbocycles. The predicted octanol–water partition coefficient (Wildman–Crippen LogP) is 3.35. The Bertz CT molecular complexity index is 360. The minimum Gasteiger partial charge on any atom is -0.394 e. The van der Waals surface area contributed by atoms with Crippen LogP contribution in [0.25, 0.3) is 0 Å². The molecule has 2 nitrogen and oxygen atoms in total. The van der Waals surface area contributed by atoms with Crippen molar-refractivity contribution in [3.05, 3.63) is 29.8 Å². The molecule has 0 spiro atoms. The highest BCUT2D eigenvalue weighted by molar-refractivity contribution is 5.47. The van der Waals surface area contributed by atoms with Crippen LogP contribution >= 0.6 is 0 Å². The summed E-state index contributed by atoms with van der Waals surface area (Å²) in [6.07, 6.45) is 4.64. The summed E-state index contributed by atoms with van der Waals surface area (Å²) in [4.78, 5) is 0. The largest absolute Gasteiger partial charge is 0.394 e. The van der Waals surface area contributed by atoms with E-state index in [9.17, 15) is 5.11 Å². The van der Waals surface area contributed by atoms with E-state index in [2.05, 4.69) is 43.4 Å². The summed E-state index contributed by atoms with van der Waals surface area (Å²) in [5.41, 5.74) is 2.29. The van der Waals surface area contributed by atoms with Crippen molar-refractivity contribution in [1.29, 1.82) is 0 Å². The fraction of sp³-hybridized carbons (Fsp3) is 0.600. The number of aliphatic hydroxyl groups excluding tert-OH is 1. The maximum absolute atomic E-state index is 9.71. The van der Waals surface area contributed by atoms with Gasteiger partial charge in [-0.05, 0) is 37.8 Å². The average molecular weight is 233 g/mol. The molecule has 2 unspecified atom stereocenters. The Morgan fingerprint density at radius 3 is 2.65 bits per heavy atom. The number of nitrogens with one attached hydrogen (secondary N) is 1. The zero-order valence-electron chi connectivity index (χ0n) is 10.9. The van der Waals surface area contributed by atoms with E-state index in [1.807, 2.05) is 0 Å². The lowest BCUT2D eigenvalue weighted by Crippen LogP contribution is -2.45. The third-order valence-corrected chi connectivity index (χ3v) is 3.86. The van der Waals surface area contributed by atoms with Crippen molar-refractivity contribution < 1.29 is 5.11 Å². The summed E-state index contributed by atoms with van der Waals surface area (Å²) in [6.45, 7) is 4.60. The van der Waals surface area contributed by atoms with Gasteiger partial charge in [-0.1, -0.05) is 37.5 Å². The van der Waals surface area contributed by atoms with Gasteiger partial charge in [0.1, 0.15) is 0 Å². The Morgan fingerprint density at radius 2 is 2.06 bits per heavy atom. The molecule has 2 N–H and O–H groups in total. The van der Waals surface area contributed by atoms with E-state index in [1.54, 1.807) is 0 Å². The zero-order chi connectivity index (χ0) is 12.3. The van der Waals surface area contributed by atoms with Crippen LogP contribution in [0.4, 0.5) is 5.69 Å². The van der Waals surface area contributed by atoms with Crippen molar-refractivity contribution in [2.24, 2.45) is 5.92 Å². The first-order valence-corrected chi connectivity index (χ1v) is 6.59. The summed E-state index contributed by atoms with van der Waals surface area (Å²) in [6, 6.07) is 8.43. The Kier molecular flexibility index (Phi) is 3.72. The van der Waals surface area contributed by atoms with Crippen LogP contribution in [0.1, 0.15) is 38.2 Å². The summed E-state index contributed by atoms with van der Waals surface area (Å²) in [5.74, 6) is 0.703. The van der Waals surface area contributed by atoms with Crippen molar-refractivity contribution in [2.75, 3.05) is 11.9 Å². The number of benzene rings is 1. The maximum atomic E-state index is 9.71. The zero-order valence-corrected chi connectivity index (χ0v) is 10.9. The molecule has 0 aliphatic heterocycles. The molecule has 17 heavy (non-hydrogen) atoms. The van der Waals surface area contributed by atoms with Crippen molar-refractivity contribution >= 4 is 5.69 Å². The summed E-state index contributed by atoms with van der Waals surface area (Å²) in [5, 5.41) is 13.3. The Morgan fingerprint density at radius 1 is 1.35 bits per heavy atom. The molecule has 0 radical (unpaired) electrons. The van der Waals surface area contributed by atoms with E-state index in [-0.39, 0.29) is 12.1 Å². The summed E-state index contributed by atoms with van der Waals surface area (Å²) >= 11 is 0. The first-order valence-electron chi connectivity index (χ1n) is 6.59. The van der Waals surface area contributed by atoms with Gasteiger partial charge in [-0.15, -0.1) is 0 Å². The molecule has 2 rings (SSSR count). The minimum atomic E-state index is -0.104. The van der Waals surface area contributed by atoms with Crippen LogP contribution in [0.5, 0.6) is 0 Å². The lowest BCUT2D eigenvalue weighted by molar-refractivity contribution is 0.149. The molecule has 0 heterocycles. The van der Waals surface area contributed by atoms with Crippen molar-refractivity contribution in [2.45, 2.75) is 45.1 Å². The van der Waals surface area contributed by atoms with Crippen molar-refractivity contribution in [3.63, 3.8) is 0 Å². The normalized spacial score (nSPS) is 29.0. The molecule has 1 aromatic rings. The lowest BCUT2D eigenvalue weighted by atomic mass is 9.76. The van der Waals surface area contributed by atoms with Crippen LogP contribution in [0.3, 0.4) is 0 Å². The van der Waals surface area contributed by atoms with Gasteiger partial charge in [0.25, 0.3) is 0 Å². The molecule has 1 aliphatic rings. The van der Waals surface area contributed by atoms with Gasteiger partial charge < -0.3 is 10.4 Å². The Hall–Kier alpha value is -1.02. The predicted molar refractivity (Wildman–Crippen MR) is 72.3 cm³/mol. The molecule has 2 heteroatoms. The van der Waals surface area contributed by atoms with Crippen LogP contribution in [-0.4, -0.2) is 17.3 Å². The number of hydrogen-bond acceptors (Lipinski definition) is 2. The second kappa shape index (κ2) is 5.09. The van der Waals surface area contributed by atoms with E-state index in [1.165, 1.54) is 18.4 Å². The number of rotatable bonds is 3. The van der Waals surface area contributed by atoms with E-state index in [0.717, 1.165) is 18.5 Å². The molecule has 1 aromatic carbocycles. The molecule has 0 aromatic heterocycles. The smallest absolute Gasteiger partial charge is 0.0661 e. The molecular formula is C15H23NO. The Labute approximate surface area is 104 Å². The van der Waals surface area contributed by atoms with Crippen LogP contribution in [0.15, 0.2) is 24.3 Å². The van der Waals surface area contributed by atoms with Gasteiger partial charge in [-0.3, -0.25) is 0 Å². The molecule has 0 amide bonds. The van der Waals surface area contributed by atoms with Gasteiger partial charge >= 0.3 is 0 Å². The summed E-state index contributed by atoms with van der Waals surface area (Å²) in [7, 11) is 0. The Balaban J connectivity index is 2.10. The van der Waals surface area contributed by atoms with Crippen LogP contribution in [0, 0.1) is 12.8 Å². The van der Waals surface area contributed by atoms with Crippen LogP contribution in [-0.2, 0) is 0 Å². The molecule has 1 aliphatic carbocycles. The average Bonchev–Trinajstić information content (AvgIpc) is 2.32. The van der Waals surface area contributed by atoms with Gasteiger partial charge in [0.05, 0.1) is 12.1 Å². The van der Waals surface area contributed by atoms with Gasteiger partial charge in [0.15, 0.2) is 0 Å². The molecule has 2 atom stereocenters. The third kappa shape index (κ3) is 3.01. The van der Waals surface area contributed by atoms with Crippen molar-refractivity contribution in [1.82, 2.24) is 0 Å². The maximum Gasteiger partial charge on any atom is 0.0661 e. The second-order valence-electron chi connectivity index (χ2n) is 5.63. The molecule has 0 saturated heterocycles. The SMILES string of the molecule is Cc1ccc(NC2(CO)CCCC(C)C2)cc1. The van der Waals surface area contributed by atoms with E-state index < -0.39 is 0 Å². The molecule has 1 fully saturated rings. The number of anilines is 1. The van der Waals surface area contributed by atoms with Gasteiger partial charge in [-0.2, -0.15) is 0 Å². The highest BCUT2D eigenvalue weighted by Crippen LogP contribution is 2.34. The summed E-state index contributed by atoms with van der Waals surface area (Å²) < 4.78 is 0. The molecular weight excluding hydrogens is 210 g/mol. The number of aryl methyl sites for hydroxylation is 1. The number of aliphatic hydroxyl groups is 1.